The molecule has 0 saturated heterocycles. The van der Waals surface area contributed by atoms with E-state index in [0.717, 1.165) is 22.2 Å². The van der Waals surface area contributed by atoms with E-state index in [2.05, 4.69) is 92.6 Å². The average Bonchev–Trinajstić information content (AvgIpc) is 2.82. The molecule has 0 spiro atoms. The summed E-state index contributed by atoms with van der Waals surface area (Å²) in [6.45, 7) is 19.3. The van der Waals surface area contributed by atoms with Crippen LogP contribution >= 0.6 is 0 Å². The predicted molar refractivity (Wildman–Crippen MR) is 158 cm³/mol. The molecular weight excluding hydrogens is 467 g/mol. The van der Waals surface area contributed by atoms with Crippen LogP contribution in [0.15, 0.2) is 60.9 Å². The van der Waals surface area contributed by atoms with Gasteiger partial charge in [0.2, 0.25) is 0 Å². The van der Waals surface area contributed by atoms with Crippen molar-refractivity contribution in [2.45, 2.75) is 73.1 Å². The first-order valence-corrected chi connectivity index (χ1v) is 13.2. The molecule has 0 aliphatic carbocycles. The topological polar surface area (TPSA) is 58.1 Å². The smallest absolute Gasteiger partial charge is 0.374 e. The number of benzene rings is 3. The summed E-state index contributed by atoms with van der Waals surface area (Å²) in [6, 6.07) is 16.1. The molecule has 0 aliphatic heterocycles. The van der Waals surface area contributed by atoms with Gasteiger partial charge in [0.05, 0.1) is 5.75 Å². The molecule has 1 heterocycles. The molecule has 0 N–H and O–H groups in total. The summed E-state index contributed by atoms with van der Waals surface area (Å²) in [5.74, 6) is 0.895. The van der Waals surface area contributed by atoms with Gasteiger partial charge in [-0.15, -0.1) is 0 Å². The SMILES string of the molecule is Cc1cc(C)c(-c2cnc(-c3cc(C(C)(C)C)ccc3BOc3cc(C(C)(C)C)ccc3[O-])nc2)c(C)c1. The molecule has 0 amide bonds. The van der Waals surface area contributed by atoms with Gasteiger partial charge in [0.15, 0.2) is 5.82 Å². The van der Waals surface area contributed by atoms with Crippen LogP contribution in [0.3, 0.4) is 0 Å². The second kappa shape index (κ2) is 10.3. The Labute approximate surface area is 228 Å². The molecule has 0 aliphatic rings. The summed E-state index contributed by atoms with van der Waals surface area (Å²) in [6.07, 6.45) is 3.81. The van der Waals surface area contributed by atoms with Crippen LogP contribution in [0.25, 0.3) is 22.5 Å². The zero-order valence-corrected chi connectivity index (χ0v) is 24.2. The van der Waals surface area contributed by atoms with Crippen LogP contribution in [-0.2, 0) is 10.8 Å². The molecule has 0 radical (unpaired) electrons. The Balaban J connectivity index is 1.71. The van der Waals surface area contributed by atoms with Crippen LogP contribution < -0.4 is 15.2 Å². The predicted octanol–water partition coefficient (Wildman–Crippen LogP) is 6.46. The molecule has 0 atom stereocenters. The zero-order chi connectivity index (χ0) is 27.8. The van der Waals surface area contributed by atoms with Crippen molar-refractivity contribution in [3.8, 4) is 34.0 Å². The van der Waals surface area contributed by atoms with E-state index in [-0.39, 0.29) is 24.1 Å². The minimum Gasteiger partial charge on any atom is -0.870 e. The lowest BCUT2D eigenvalue weighted by molar-refractivity contribution is -0.269. The molecule has 4 aromatic rings. The van der Waals surface area contributed by atoms with E-state index in [0.29, 0.717) is 11.6 Å². The second-order valence-electron chi connectivity index (χ2n) is 12.4. The number of aromatic nitrogens is 2. The molecule has 38 heavy (non-hydrogen) atoms. The van der Waals surface area contributed by atoms with Crippen molar-refractivity contribution in [2.24, 2.45) is 0 Å². The third-order valence-electron chi connectivity index (χ3n) is 7.03. The molecule has 5 heteroatoms. The van der Waals surface area contributed by atoms with Gasteiger partial charge >= 0.3 is 7.48 Å². The largest absolute Gasteiger partial charge is 0.870 e. The van der Waals surface area contributed by atoms with Crippen LogP contribution in [0.5, 0.6) is 11.5 Å². The number of rotatable bonds is 5. The zero-order valence-electron chi connectivity index (χ0n) is 24.2. The summed E-state index contributed by atoms with van der Waals surface area (Å²) < 4.78 is 6.11. The van der Waals surface area contributed by atoms with Crippen molar-refractivity contribution in [3.05, 3.63) is 88.7 Å². The molecule has 1 aromatic heterocycles. The van der Waals surface area contributed by atoms with E-state index in [9.17, 15) is 5.11 Å². The first-order chi connectivity index (χ1) is 17.7. The fourth-order valence-electron chi connectivity index (χ4n) is 4.85. The first kappa shape index (κ1) is 27.4. The molecule has 196 valence electrons. The van der Waals surface area contributed by atoms with Gasteiger partial charge in [-0.25, -0.2) is 9.97 Å². The van der Waals surface area contributed by atoms with Crippen molar-refractivity contribution in [3.63, 3.8) is 0 Å². The van der Waals surface area contributed by atoms with Gasteiger partial charge in [-0.3, -0.25) is 0 Å². The van der Waals surface area contributed by atoms with E-state index in [1.54, 1.807) is 6.07 Å². The van der Waals surface area contributed by atoms with Gasteiger partial charge in [0.1, 0.15) is 0 Å². The maximum absolute atomic E-state index is 12.6. The Hall–Kier alpha value is -3.60. The normalized spacial score (nSPS) is 11.9. The minimum absolute atomic E-state index is 0.0343. The number of hydrogen-bond acceptors (Lipinski definition) is 4. The van der Waals surface area contributed by atoms with E-state index in [1.807, 2.05) is 24.5 Å². The highest BCUT2D eigenvalue weighted by Gasteiger charge is 2.20. The van der Waals surface area contributed by atoms with Gasteiger partial charge < -0.3 is 9.76 Å². The molecular formula is C33H38BN2O2-. The molecule has 3 aromatic carbocycles. The Morgan fingerprint density at radius 2 is 1.29 bits per heavy atom. The Morgan fingerprint density at radius 1 is 0.737 bits per heavy atom. The average molecular weight is 505 g/mol. The summed E-state index contributed by atoms with van der Waals surface area (Å²) in [5, 5.41) is 12.6. The fraction of sp³-hybridized carbons (Fsp3) is 0.333. The summed E-state index contributed by atoms with van der Waals surface area (Å²) >= 11 is 0. The van der Waals surface area contributed by atoms with Gasteiger partial charge in [-0.05, 0) is 77.0 Å². The fourth-order valence-corrected chi connectivity index (χ4v) is 4.85. The highest BCUT2D eigenvalue weighted by atomic mass is 16.4. The lowest BCUT2D eigenvalue weighted by Gasteiger charge is -2.24. The summed E-state index contributed by atoms with van der Waals surface area (Å²) in [4.78, 5) is 9.61. The molecule has 0 fully saturated rings. The lowest BCUT2D eigenvalue weighted by Crippen LogP contribution is -2.25. The monoisotopic (exact) mass is 505 g/mol. The Bertz CT molecular complexity index is 1440. The van der Waals surface area contributed by atoms with Gasteiger partial charge in [0, 0.05) is 23.5 Å². The van der Waals surface area contributed by atoms with Crippen LogP contribution in [0.1, 0.15) is 69.4 Å². The molecule has 0 unspecified atom stereocenters. The van der Waals surface area contributed by atoms with Crippen LogP contribution in [0.2, 0.25) is 0 Å². The van der Waals surface area contributed by atoms with Crippen LogP contribution in [0, 0.1) is 20.8 Å². The van der Waals surface area contributed by atoms with Crippen molar-refractivity contribution in [2.75, 3.05) is 0 Å². The minimum atomic E-state index is -0.115. The van der Waals surface area contributed by atoms with E-state index in [1.165, 1.54) is 27.8 Å². The van der Waals surface area contributed by atoms with Crippen LogP contribution in [0.4, 0.5) is 0 Å². The Kier molecular flexibility index (Phi) is 7.43. The quantitative estimate of drug-likeness (QED) is 0.292. The van der Waals surface area contributed by atoms with Crippen molar-refractivity contribution >= 4 is 12.9 Å². The van der Waals surface area contributed by atoms with Crippen molar-refractivity contribution < 1.29 is 9.76 Å². The van der Waals surface area contributed by atoms with Crippen molar-refractivity contribution in [1.29, 1.82) is 0 Å². The molecule has 4 nitrogen and oxygen atoms in total. The van der Waals surface area contributed by atoms with Gasteiger partial charge in [-0.1, -0.05) is 89.3 Å². The number of nitrogens with zero attached hydrogens (tertiary/aromatic N) is 2. The highest BCUT2D eigenvalue weighted by molar-refractivity contribution is 6.50. The highest BCUT2D eigenvalue weighted by Crippen LogP contribution is 2.32. The van der Waals surface area contributed by atoms with Gasteiger partial charge in [-0.2, -0.15) is 0 Å². The van der Waals surface area contributed by atoms with E-state index < -0.39 is 0 Å². The summed E-state index contributed by atoms with van der Waals surface area (Å²) in [5.41, 5.74) is 9.86. The van der Waals surface area contributed by atoms with Gasteiger partial charge in [0.25, 0.3) is 0 Å². The number of hydrogen-bond donors (Lipinski definition) is 0. The standard InChI is InChI=1S/C33H39BN2O2/c1-20-14-21(2)30(22(3)15-20)23-18-35-31(36-19-23)26-16-24(32(4,5)6)10-12-27(26)34-38-29-17-25(33(7,8)9)11-13-28(29)37/h10-19,34,37H,1-9H3/p-1. The van der Waals surface area contributed by atoms with E-state index >= 15 is 0 Å². The third-order valence-corrected chi connectivity index (χ3v) is 7.03. The Morgan fingerprint density at radius 3 is 1.87 bits per heavy atom. The molecule has 0 bridgehead atoms. The lowest BCUT2D eigenvalue weighted by atomic mass is 9.78. The third kappa shape index (κ3) is 5.93. The number of aryl methyl sites for hydroxylation is 3. The van der Waals surface area contributed by atoms with Crippen LogP contribution in [-0.4, -0.2) is 17.5 Å². The summed E-state index contributed by atoms with van der Waals surface area (Å²) in [7, 11) is 0.254. The maximum atomic E-state index is 12.6. The molecule has 4 rings (SSSR count). The first-order valence-electron chi connectivity index (χ1n) is 13.2. The maximum Gasteiger partial charge on any atom is 0.374 e. The van der Waals surface area contributed by atoms with E-state index in [4.69, 9.17) is 14.6 Å². The second-order valence-corrected chi connectivity index (χ2v) is 12.4. The molecule has 0 saturated carbocycles. The van der Waals surface area contributed by atoms with Crippen molar-refractivity contribution in [1.82, 2.24) is 9.97 Å².